The summed E-state index contributed by atoms with van der Waals surface area (Å²) >= 11 is 1.49. The molecule has 0 unspecified atom stereocenters. The van der Waals surface area contributed by atoms with Crippen molar-refractivity contribution in [2.75, 3.05) is 0 Å². The molecule has 0 saturated carbocycles. The Hall–Kier alpha value is -1.67. The average molecular weight is 219 g/mol. The fourth-order valence-electron chi connectivity index (χ4n) is 1.46. The Morgan fingerprint density at radius 1 is 1.53 bits per heavy atom. The molecular formula is C10H9N3OS. The standard InChI is InChI=1S/C10H9N3OS/c1-5-6(2)15-10-8(5)9(14)12-7(13-10)3-4-11/h3H2,1-2H3,(H,12,13,14). The molecule has 15 heavy (non-hydrogen) atoms. The summed E-state index contributed by atoms with van der Waals surface area (Å²) in [5, 5.41) is 9.19. The van der Waals surface area contributed by atoms with Gasteiger partial charge in [0, 0.05) is 4.88 Å². The van der Waals surface area contributed by atoms with Gasteiger partial charge >= 0.3 is 0 Å². The van der Waals surface area contributed by atoms with Crippen molar-refractivity contribution in [2.45, 2.75) is 20.3 Å². The van der Waals surface area contributed by atoms with Gasteiger partial charge in [0.15, 0.2) is 0 Å². The lowest BCUT2D eigenvalue weighted by Crippen LogP contribution is -2.11. The first kappa shape index (κ1) is 9.87. The Morgan fingerprint density at radius 2 is 2.27 bits per heavy atom. The van der Waals surface area contributed by atoms with Crippen molar-refractivity contribution in [3.05, 3.63) is 26.6 Å². The molecule has 4 nitrogen and oxygen atoms in total. The molecule has 0 amide bonds. The van der Waals surface area contributed by atoms with Gasteiger partial charge in [-0.15, -0.1) is 11.3 Å². The smallest absolute Gasteiger partial charge is 0.259 e. The first-order valence-corrected chi connectivity index (χ1v) is 5.31. The zero-order chi connectivity index (χ0) is 11.0. The number of fused-ring (bicyclic) bond motifs is 1. The zero-order valence-corrected chi connectivity index (χ0v) is 9.23. The molecule has 2 heterocycles. The number of aromatic nitrogens is 2. The maximum Gasteiger partial charge on any atom is 0.259 e. The van der Waals surface area contributed by atoms with Gasteiger partial charge in [0.05, 0.1) is 17.9 Å². The maximum absolute atomic E-state index is 11.7. The summed E-state index contributed by atoms with van der Waals surface area (Å²) in [5.74, 6) is 0.441. The Balaban J connectivity index is 2.80. The van der Waals surface area contributed by atoms with Crippen molar-refractivity contribution in [3.63, 3.8) is 0 Å². The minimum Gasteiger partial charge on any atom is -0.309 e. The van der Waals surface area contributed by atoms with Gasteiger partial charge in [-0.2, -0.15) is 5.26 Å². The third kappa shape index (κ3) is 1.53. The van der Waals surface area contributed by atoms with Crippen LogP contribution in [0.1, 0.15) is 16.3 Å². The predicted molar refractivity (Wildman–Crippen MR) is 59.0 cm³/mol. The molecule has 0 aliphatic heterocycles. The molecule has 0 aliphatic carbocycles. The van der Waals surface area contributed by atoms with Gasteiger partial charge in [-0.25, -0.2) is 4.98 Å². The van der Waals surface area contributed by atoms with Crippen LogP contribution in [0.15, 0.2) is 4.79 Å². The van der Waals surface area contributed by atoms with E-state index in [0.29, 0.717) is 11.2 Å². The van der Waals surface area contributed by atoms with E-state index in [1.165, 1.54) is 11.3 Å². The van der Waals surface area contributed by atoms with E-state index in [9.17, 15) is 4.79 Å². The van der Waals surface area contributed by atoms with Gasteiger partial charge in [-0.3, -0.25) is 4.79 Å². The molecular weight excluding hydrogens is 210 g/mol. The number of aromatic amines is 1. The number of rotatable bonds is 1. The molecule has 0 fully saturated rings. The molecule has 0 saturated heterocycles. The number of hydrogen-bond acceptors (Lipinski definition) is 4. The lowest BCUT2D eigenvalue weighted by Gasteiger charge is -1.94. The summed E-state index contributed by atoms with van der Waals surface area (Å²) in [7, 11) is 0. The van der Waals surface area contributed by atoms with Crippen LogP contribution < -0.4 is 5.56 Å². The van der Waals surface area contributed by atoms with Crippen LogP contribution in [0.2, 0.25) is 0 Å². The highest BCUT2D eigenvalue weighted by Crippen LogP contribution is 2.25. The monoisotopic (exact) mass is 219 g/mol. The predicted octanol–water partition coefficient (Wildman–Crippen LogP) is 1.67. The van der Waals surface area contributed by atoms with Gasteiger partial charge in [-0.1, -0.05) is 0 Å². The Morgan fingerprint density at radius 3 is 2.93 bits per heavy atom. The van der Waals surface area contributed by atoms with E-state index in [2.05, 4.69) is 9.97 Å². The first-order chi connectivity index (χ1) is 7.13. The van der Waals surface area contributed by atoms with Crippen LogP contribution in [0.4, 0.5) is 0 Å². The van der Waals surface area contributed by atoms with Crippen LogP contribution >= 0.6 is 11.3 Å². The number of thiophene rings is 1. The van der Waals surface area contributed by atoms with Gasteiger partial charge in [0.2, 0.25) is 0 Å². The highest BCUT2D eigenvalue weighted by Gasteiger charge is 2.11. The number of hydrogen-bond donors (Lipinski definition) is 1. The molecule has 5 heteroatoms. The average Bonchev–Trinajstić information content (AvgIpc) is 2.43. The molecule has 0 aliphatic rings. The first-order valence-electron chi connectivity index (χ1n) is 4.49. The van der Waals surface area contributed by atoms with E-state index in [-0.39, 0.29) is 12.0 Å². The Labute approximate surface area is 90.2 Å². The maximum atomic E-state index is 11.7. The Kier molecular flexibility index (Phi) is 2.29. The lowest BCUT2D eigenvalue weighted by molar-refractivity contribution is 1.00. The van der Waals surface area contributed by atoms with Crippen LogP contribution in [0.5, 0.6) is 0 Å². The van der Waals surface area contributed by atoms with E-state index in [4.69, 9.17) is 5.26 Å². The number of nitrogens with one attached hydrogen (secondary N) is 1. The van der Waals surface area contributed by atoms with Crippen molar-refractivity contribution < 1.29 is 0 Å². The second-order valence-corrected chi connectivity index (χ2v) is 4.51. The van der Waals surface area contributed by atoms with Gasteiger partial charge in [0.25, 0.3) is 5.56 Å². The second kappa shape index (κ2) is 3.48. The van der Waals surface area contributed by atoms with Crippen molar-refractivity contribution in [3.8, 4) is 6.07 Å². The fraction of sp³-hybridized carbons (Fsp3) is 0.300. The molecule has 0 bridgehead atoms. The minimum absolute atomic E-state index is 0.140. The highest BCUT2D eigenvalue weighted by atomic mass is 32.1. The number of nitriles is 1. The van der Waals surface area contributed by atoms with Crippen molar-refractivity contribution in [1.29, 1.82) is 5.26 Å². The highest BCUT2D eigenvalue weighted by molar-refractivity contribution is 7.18. The molecule has 0 atom stereocenters. The van der Waals surface area contributed by atoms with Crippen molar-refractivity contribution >= 4 is 21.6 Å². The molecule has 1 N–H and O–H groups in total. The van der Waals surface area contributed by atoms with E-state index in [1.807, 2.05) is 19.9 Å². The van der Waals surface area contributed by atoms with E-state index >= 15 is 0 Å². The van der Waals surface area contributed by atoms with Gasteiger partial charge in [0.1, 0.15) is 10.7 Å². The molecule has 2 rings (SSSR count). The van der Waals surface area contributed by atoms with Gasteiger partial charge < -0.3 is 4.98 Å². The summed E-state index contributed by atoms with van der Waals surface area (Å²) in [6.07, 6.45) is 0.140. The van der Waals surface area contributed by atoms with Crippen LogP contribution in [-0.2, 0) is 6.42 Å². The molecule has 2 aromatic rings. The molecule has 0 aromatic carbocycles. The molecule has 0 spiro atoms. The Bertz CT molecular complexity index is 618. The summed E-state index contributed by atoms with van der Waals surface area (Å²) in [6.45, 7) is 3.88. The van der Waals surface area contributed by atoms with E-state index < -0.39 is 0 Å². The van der Waals surface area contributed by atoms with Crippen LogP contribution in [0.25, 0.3) is 10.2 Å². The van der Waals surface area contributed by atoms with Gasteiger partial charge in [-0.05, 0) is 19.4 Å². The normalized spacial score (nSPS) is 10.5. The number of aryl methyl sites for hydroxylation is 2. The SMILES string of the molecule is Cc1sc2nc(CC#N)[nH]c(=O)c2c1C. The molecule has 2 aromatic heterocycles. The largest absolute Gasteiger partial charge is 0.309 e. The number of nitrogens with zero attached hydrogens (tertiary/aromatic N) is 2. The van der Waals surface area contributed by atoms with Crippen molar-refractivity contribution in [2.24, 2.45) is 0 Å². The minimum atomic E-state index is -0.146. The third-order valence-corrected chi connectivity index (χ3v) is 3.44. The van der Waals surface area contributed by atoms with Crippen LogP contribution in [-0.4, -0.2) is 9.97 Å². The molecule has 76 valence electrons. The second-order valence-electron chi connectivity index (χ2n) is 3.31. The lowest BCUT2D eigenvalue weighted by atomic mass is 10.2. The quantitative estimate of drug-likeness (QED) is 0.793. The summed E-state index contributed by atoms with van der Waals surface area (Å²) < 4.78 is 0. The fourth-order valence-corrected chi connectivity index (χ4v) is 2.51. The van der Waals surface area contributed by atoms with Crippen LogP contribution in [0.3, 0.4) is 0 Å². The summed E-state index contributed by atoms with van der Waals surface area (Å²) in [6, 6.07) is 1.97. The van der Waals surface area contributed by atoms with E-state index in [1.54, 1.807) is 0 Å². The summed E-state index contributed by atoms with van der Waals surface area (Å²) in [4.78, 5) is 20.4. The van der Waals surface area contributed by atoms with Crippen LogP contribution in [0, 0.1) is 25.2 Å². The van der Waals surface area contributed by atoms with Crippen molar-refractivity contribution in [1.82, 2.24) is 9.97 Å². The third-order valence-electron chi connectivity index (χ3n) is 2.33. The molecule has 0 radical (unpaired) electrons. The van der Waals surface area contributed by atoms with E-state index in [0.717, 1.165) is 15.3 Å². The summed E-state index contributed by atoms with van der Waals surface area (Å²) in [5.41, 5.74) is 0.833. The zero-order valence-electron chi connectivity index (χ0n) is 8.42. The topological polar surface area (TPSA) is 69.5 Å². The number of H-pyrrole nitrogens is 1.